The van der Waals surface area contributed by atoms with Crippen LogP contribution in [-0.4, -0.2) is 14.0 Å². The predicted octanol–water partition coefficient (Wildman–Crippen LogP) is 3.90. The molecule has 0 saturated carbocycles. The number of halogens is 1. The second-order valence-electron chi connectivity index (χ2n) is 4.07. The van der Waals surface area contributed by atoms with Gasteiger partial charge in [0.15, 0.2) is 0 Å². The lowest BCUT2D eigenvalue weighted by Gasteiger charge is -2.11. The van der Waals surface area contributed by atoms with Crippen LogP contribution in [0.15, 0.2) is 12.2 Å². The standard InChI is InChI=1S/C9H19ClSi/c1-11(2,3)9-7-5-4-6-8-10/h5,7H,4,6,8-9H2,1-3H3/b7-5-. The zero-order valence-electron chi connectivity index (χ0n) is 7.86. The van der Waals surface area contributed by atoms with Crippen molar-refractivity contribution in [3.05, 3.63) is 12.2 Å². The number of allylic oxidation sites excluding steroid dienone is 2. The summed E-state index contributed by atoms with van der Waals surface area (Å²) >= 11 is 5.55. The third-order valence-corrected chi connectivity index (χ3v) is 3.13. The second-order valence-corrected chi connectivity index (χ2v) is 9.97. The van der Waals surface area contributed by atoms with Crippen LogP contribution in [-0.2, 0) is 0 Å². The summed E-state index contributed by atoms with van der Waals surface area (Å²) in [5, 5.41) is 0. The van der Waals surface area contributed by atoms with Gasteiger partial charge in [-0.15, -0.1) is 11.6 Å². The van der Waals surface area contributed by atoms with Gasteiger partial charge in [-0.2, -0.15) is 0 Å². The lowest BCUT2D eigenvalue weighted by molar-refractivity contribution is 0.964. The fourth-order valence-electron chi connectivity index (χ4n) is 0.750. The molecule has 2 heteroatoms. The molecular weight excluding hydrogens is 172 g/mol. The molecule has 11 heavy (non-hydrogen) atoms. The molecule has 0 aliphatic rings. The van der Waals surface area contributed by atoms with E-state index in [1.807, 2.05) is 0 Å². The average molecular weight is 191 g/mol. The summed E-state index contributed by atoms with van der Waals surface area (Å²) in [5.41, 5.74) is 0. The van der Waals surface area contributed by atoms with Gasteiger partial charge in [0.2, 0.25) is 0 Å². The van der Waals surface area contributed by atoms with Crippen molar-refractivity contribution >= 4 is 19.7 Å². The van der Waals surface area contributed by atoms with Crippen molar-refractivity contribution < 1.29 is 0 Å². The molecule has 0 amide bonds. The van der Waals surface area contributed by atoms with E-state index in [0.29, 0.717) is 0 Å². The fourth-order valence-corrected chi connectivity index (χ4v) is 1.78. The molecule has 0 nitrogen and oxygen atoms in total. The molecule has 0 N–H and O–H groups in total. The highest BCUT2D eigenvalue weighted by atomic mass is 35.5. The normalized spacial score (nSPS) is 12.7. The van der Waals surface area contributed by atoms with Crippen molar-refractivity contribution in [1.82, 2.24) is 0 Å². The molecule has 0 aromatic heterocycles. The molecular formula is C9H19ClSi. The van der Waals surface area contributed by atoms with Gasteiger partial charge in [-0.25, -0.2) is 0 Å². The third kappa shape index (κ3) is 10.2. The molecule has 0 saturated heterocycles. The smallest absolute Gasteiger partial charge is 0.0480 e. The van der Waals surface area contributed by atoms with Crippen molar-refractivity contribution in [3.8, 4) is 0 Å². The van der Waals surface area contributed by atoms with Gasteiger partial charge in [0.1, 0.15) is 0 Å². The van der Waals surface area contributed by atoms with Crippen LogP contribution < -0.4 is 0 Å². The van der Waals surface area contributed by atoms with Crippen LogP contribution in [0, 0.1) is 0 Å². The number of unbranched alkanes of at least 4 members (excludes halogenated alkanes) is 1. The SMILES string of the molecule is C[Si](C)(C)C/C=C\CCCCl. The molecule has 0 spiro atoms. The third-order valence-electron chi connectivity index (χ3n) is 1.40. The maximum Gasteiger partial charge on any atom is 0.0480 e. The first-order chi connectivity index (χ1) is 5.06. The lowest BCUT2D eigenvalue weighted by Crippen LogP contribution is -2.17. The Kier molecular flexibility index (Phi) is 5.97. The van der Waals surface area contributed by atoms with Crippen molar-refractivity contribution in [2.24, 2.45) is 0 Å². The molecule has 0 aliphatic carbocycles. The van der Waals surface area contributed by atoms with E-state index in [1.165, 1.54) is 6.04 Å². The summed E-state index contributed by atoms with van der Waals surface area (Å²) in [7, 11) is -0.837. The van der Waals surface area contributed by atoms with Gasteiger partial charge < -0.3 is 0 Å². The van der Waals surface area contributed by atoms with Gasteiger partial charge in [0.05, 0.1) is 0 Å². The van der Waals surface area contributed by atoms with Crippen LogP contribution in [0.1, 0.15) is 12.8 Å². The minimum atomic E-state index is -0.837. The first kappa shape index (κ1) is 11.2. The highest BCUT2D eigenvalue weighted by Gasteiger charge is 2.08. The maximum absolute atomic E-state index is 5.55. The zero-order chi connectivity index (χ0) is 8.74. The van der Waals surface area contributed by atoms with E-state index in [-0.39, 0.29) is 0 Å². The molecule has 66 valence electrons. The van der Waals surface area contributed by atoms with Gasteiger partial charge in [0.25, 0.3) is 0 Å². The number of rotatable bonds is 5. The highest BCUT2D eigenvalue weighted by molar-refractivity contribution is 6.76. The molecule has 0 fully saturated rings. The second kappa shape index (κ2) is 5.84. The van der Waals surface area contributed by atoms with Gasteiger partial charge >= 0.3 is 0 Å². The van der Waals surface area contributed by atoms with E-state index in [2.05, 4.69) is 31.8 Å². The average Bonchev–Trinajstić information content (AvgIpc) is 1.85. The highest BCUT2D eigenvalue weighted by Crippen LogP contribution is 2.08. The van der Waals surface area contributed by atoms with Crippen LogP contribution in [0.5, 0.6) is 0 Å². The minimum absolute atomic E-state index is 0.789. The summed E-state index contributed by atoms with van der Waals surface area (Å²) in [6.07, 6.45) is 6.84. The number of hydrogen-bond acceptors (Lipinski definition) is 0. The Morgan fingerprint density at radius 2 is 1.82 bits per heavy atom. The van der Waals surface area contributed by atoms with Gasteiger partial charge in [-0.05, 0) is 18.9 Å². The minimum Gasteiger partial charge on any atom is -0.127 e. The van der Waals surface area contributed by atoms with E-state index in [1.54, 1.807) is 0 Å². The van der Waals surface area contributed by atoms with E-state index < -0.39 is 8.07 Å². The summed E-state index contributed by atoms with van der Waals surface area (Å²) in [4.78, 5) is 0. The molecule has 0 unspecified atom stereocenters. The van der Waals surface area contributed by atoms with E-state index in [9.17, 15) is 0 Å². The van der Waals surface area contributed by atoms with Gasteiger partial charge in [0, 0.05) is 14.0 Å². The van der Waals surface area contributed by atoms with Gasteiger partial charge in [-0.1, -0.05) is 31.8 Å². The van der Waals surface area contributed by atoms with Crippen LogP contribution >= 0.6 is 11.6 Å². The van der Waals surface area contributed by atoms with Crippen LogP contribution in [0.25, 0.3) is 0 Å². The molecule has 0 bridgehead atoms. The zero-order valence-corrected chi connectivity index (χ0v) is 9.62. The maximum atomic E-state index is 5.55. The molecule has 0 atom stereocenters. The van der Waals surface area contributed by atoms with Crippen LogP contribution in [0.4, 0.5) is 0 Å². The topological polar surface area (TPSA) is 0 Å². The largest absolute Gasteiger partial charge is 0.127 e. The molecule has 0 rings (SSSR count). The van der Waals surface area contributed by atoms with Crippen molar-refractivity contribution in [2.45, 2.75) is 38.5 Å². The Balaban J connectivity index is 3.30. The van der Waals surface area contributed by atoms with Crippen LogP contribution in [0.2, 0.25) is 25.7 Å². The summed E-state index contributed by atoms with van der Waals surface area (Å²) in [5.74, 6) is 0.789. The molecule has 0 aliphatic heterocycles. The summed E-state index contributed by atoms with van der Waals surface area (Å²) < 4.78 is 0. The fraction of sp³-hybridized carbons (Fsp3) is 0.778. The Morgan fingerprint density at radius 1 is 1.18 bits per heavy atom. The summed E-state index contributed by atoms with van der Waals surface area (Å²) in [6, 6.07) is 1.30. The number of hydrogen-bond donors (Lipinski definition) is 0. The monoisotopic (exact) mass is 190 g/mol. The van der Waals surface area contributed by atoms with Gasteiger partial charge in [-0.3, -0.25) is 0 Å². The molecule has 0 heterocycles. The Labute approximate surface area is 76.7 Å². The Bertz CT molecular complexity index is 113. The lowest BCUT2D eigenvalue weighted by atomic mass is 10.3. The first-order valence-electron chi connectivity index (χ1n) is 4.27. The Morgan fingerprint density at radius 3 is 2.27 bits per heavy atom. The number of alkyl halides is 1. The quantitative estimate of drug-likeness (QED) is 0.267. The summed E-state index contributed by atoms with van der Waals surface area (Å²) in [6.45, 7) is 7.16. The van der Waals surface area contributed by atoms with Crippen molar-refractivity contribution in [1.29, 1.82) is 0 Å². The van der Waals surface area contributed by atoms with Crippen molar-refractivity contribution in [3.63, 3.8) is 0 Å². The van der Waals surface area contributed by atoms with E-state index in [0.717, 1.165) is 18.7 Å². The van der Waals surface area contributed by atoms with E-state index >= 15 is 0 Å². The van der Waals surface area contributed by atoms with E-state index in [4.69, 9.17) is 11.6 Å². The predicted molar refractivity (Wildman–Crippen MR) is 57.2 cm³/mol. The molecule has 0 radical (unpaired) electrons. The molecule has 0 aromatic rings. The Hall–Kier alpha value is 0.247. The van der Waals surface area contributed by atoms with Crippen molar-refractivity contribution in [2.75, 3.05) is 5.88 Å². The van der Waals surface area contributed by atoms with Crippen LogP contribution in [0.3, 0.4) is 0 Å². The molecule has 0 aromatic carbocycles. The first-order valence-corrected chi connectivity index (χ1v) is 8.51.